The van der Waals surface area contributed by atoms with Crippen molar-refractivity contribution in [2.75, 3.05) is 6.61 Å². The van der Waals surface area contributed by atoms with Crippen LogP contribution in [0.3, 0.4) is 0 Å². The molecule has 1 aromatic rings. The maximum atomic E-state index is 13.2. The lowest BCUT2D eigenvalue weighted by molar-refractivity contribution is -0.110. The number of hydrogen-bond acceptors (Lipinski definition) is 4. The number of aromatic nitrogens is 1. The third-order valence-electron chi connectivity index (χ3n) is 2.14. The molecule has 1 saturated heterocycles. The molecule has 2 rings (SSSR count). The maximum absolute atomic E-state index is 13.2. The van der Waals surface area contributed by atoms with Gasteiger partial charge in [-0.3, -0.25) is 0 Å². The summed E-state index contributed by atoms with van der Waals surface area (Å²) in [5.41, 5.74) is 0. The Kier molecular flexibility index (Phi) is 2.67. The second-order valence-corrected chi connectivity index (χ2v) is 3.27. The van der Waals surface area contributed by atoms with Crippen LogP contribution in [0, 0.1) is 12.7 Å². The van der Waals surface area contributed by atoms with Gasteiger partial charge in [-0.25, -0.2) is 0 Å². The van der Waals surface area contributed by atoms with Gasteiger partial charge >= 0.3 is 0 Å². The van der Waals surface area contributed by atoms with Crippen molar-refractivity contribution in [1.82, 2.24) is 5.16 Å². The molecule has 1 aliphatic heterocycles. The van der Waals surface area contributed by atoms with Gasteiger partial charge in [0.1, 0.15) is 0 Å². The molecule has 5 heteroatoms. The van der Waals surface area contributed by atoms with Gasteiger partial charge in [-0.1, -0.05) is 0 Å². The molecule has 0 bridgehead atoms. The van der Waals surface area contributed by atoms with E-state index in [9.17, 15) is 4.39 Å². The summed E-state index contributed by atoms with van der Waals surface area (Å²) in [5.74, 6) is -0.510. The van der Waals surface area contributed by atoms with Gasteiger partial charge in [0.15, 0.2) is 5.76 Å². The summed E-state index contributed by atoms with van der Waals surface area (Å²) >= 11 is 0. The molecule has 78 valence electrons. The van der Waals surface area contributed by atoms with Gasteiger partial charge < -0.3 is 14.0 Å². The SMILES string of the molecule is Cc1onc(OC2CCCCO2)c1F. The minimum atomic E-state index is -0.542. The highest BCUT2D eigenvalue weighted by molar-refractivity contribution is 5.13. The van der Waals surface area contributed by atoms with E-state index in [1.54, 1.807) is 0 Å². The Labute approximate surface area is 81.0 Å². The lowest BCUT2D eigenvalue weighted by Crippen LogP contribution is -2.25. The van der Waals surface area contributed by atoms with Gasteiger partial charge in [-0.15, -0.1) is 0 Å². The first-order valence-corrected chi connectivity index (χ1v) is 4.67. The van der Waals surface area contributed by atoms with Gasteiger partial charge in [-0.05, 0) is 24.9 Å². The fraction of sp³-hybridized carbons (Fsp3) is 0.667. The second kappa shape index (κ2) is 3.96. The Morgan fingerprint density at radius 3 is 2.93 bits per heavy atom. The smallest absolute Gasteiger partial charge is 0.293 e. The number of ether oxygens (including phenoxy) is 2. The predicted octanol–water partition coefficient (Wildman–Crippen LogP) is 2.03. The van der Waals surface area contributed by atoms with Crippen molar-refractivity contribution in [1.29, 1.82) is 0 Å². The van der Waals surface area contributed by atoms with E-state index in [1.165, 1.54) is 6.92 Å². The minimum absolute atomic E-state index is 0.102. The van der Waals surface area contributed by atoms with E-state index in [0.29, 0.717) is 6.61 Å². The van der Waals surface area contributed by atoms with Crippen LogP contribution in [0.2, 0.25) is 0 Å². The van der Waals surface area contributed by atoms with E-state index in [4.69, 9.17) is 9.47 Å². The van der Waals surface area contributed by atoms with Crippen molar-refractivity contribution in [3.63, 3.8) is 0 Å². The highest BCUT2D eigenvalue weighted by Gasteiger charge is 2.21. The Hall–Kier alpha value is -1.10. The molecule has 0 N–H and O–H groups in total. The molecule has 0 aliphatic carbocycles. The molecule has 1 aromatic heterocycles. The standard InChI is InChI=1S/C9H12FNO3/c1-6-8(10)9(11-14-6)13-7-4-2-3-5-12-7/h7H,2-5H2,1H3. The predicted molar refractivity (Wildman–Crippen MR) is 45.4 cm³/mol. The van der Waals surface area contributed by atoms with E-state index in [2.05, 4.69) is 9.68 Å². The van der Waals surface area contributed by atoms with E-state index < -0.39 is 5.82 Å². The van der Waals surface area contributed by atoms with Crippen molar-refractivity contribution in [2.45, 2.75) is 32.5 Å². The van der Waals surface area contributed by atoms with Crippen molar-refractivity contribution in [3.8, 4) is 5.88 Å². The minimum Gasteiger partial charge on any atom is -0.444 e. The van der Waals surface area contributed by atoms with Gasteiger partial charge in [0.05, 0.1) is 6.61 Å². The molecule has 0 amide bonds. The summed E-state index contributed by atoms with van der Waals surface area (Å²) in [7, 11) is 0. The summed E-state index contributed by atoms with van der Waals surface area (Å²) in [5, 5.41) is 3.46. The van der Waals surface area contributed by atoms with Crippen LogP contribution < -0.4 is 4.74 Å². The molecular formula is C9H12FNO3. The first-order chi connectivity index (χ1) is 6.77. The van der Waals surface area contributed by atoms with Crippen LogP contribution in [0.5, 0.6) is 5.88 Å². The number of halogens is 1. The summed E-state index contributed by atoms with van der Waals surface area (Å²) < 4.78 is 28.3. The monoisotopic (exact) mass is 201 g/mol. The molecular weight excluding hydrogens is 189 g/mol. The highest BCUT2D eigenvalue weighted by atomic mass is 19.1. The van der Waals surface area contributed by atoms with Crippen LogP contribution >= 0.6 is 0 Å². The van der Waals surface area contributed by atoms with Crippen LogP contribution in [0.15, 0.2) is 4.52 Å². The lowest BCUT2D eigenvalue weighted by atomic mass is 10.2. The van der Waals surface area contributed by atoms with Gasteiger partial charge in [0.25, 0.3) is 5.88 Å². The molecule has 2 heterocycles. The first-order valence-electron chi connectivity index (χ1n) is 4.67. The lowest BCUT2D eigenvalue weighted by Gasteiger charge is -2.21. The van der Waals surface area contributed by atoms with Crippen LogP contribution in [0.4, 0.5) is 4.39 Å². The molecule has 1 atom stereocenters. The molecule has 1 aliphatic rings. The van der Waals surface area contributed by atoms with Crippen molar-refractivity contribution in [2.24, 2.45) is 0 Å². The summed E-state index contributed by atoms with van der Waals surface area (Å²) in [6.07, 6.45) is 2.44. The van der Waals surface area contributed by atoms with Crippen LogP contribution in [-0.4, -0.2) is 18.1 Å². The Morgan fingerprint density at radius 2 is 2.36 bits per heavy atom. The number of hydrogen-bond donors (Lipinski definition) is 0. The molecule has 0 aromatic carbocycles. The quantitative estimate of drug-likeness (QED) is 0.734. The average Bonchev–Trinajstić information content (AvgIpc) is 2.52. The van der Waals surface area contributed by atoms with Gasteiger partial charge in [0, 0.05) is 6.42 Å². The van der Waals surface area contributed by atoms with Crippen LogP contribution in [0.1, 0.15) is 25.0 Å². The topological polar surface area (TPSA) is 44.5 Å². The number of rotatable bonds is 2. The Morgan fingerprint density at radius 1 is 1.50 bits per heavy atom. The zero-order valence-electron chi connectivity index (χ0n) is 7.96. The summed E-state index contributed by atoms with van der Waals surface area (Å²) in [4.78, 5) is 0. The first kappa shape index (κ1) is 9.45. The highest BCUT2D eigenvalue weighted by Crippen LogP contribution is 2.22. The van der Waals surface area contributed by atoms with Crippen molar-refractivity contribution >= 4 is 0 Å². The maximum Gasteiger partial charge on any atom is 0.293 e. The molecule has 0 spiro atoms. The number of aryl methyl sites for hydroxylation is 1. The molecule has 0 radical (unpaired) electrons. The third-order valence-corrected chi connectivity index (χ3v) is 2.14. The molecule has 0 saturated carbocycles. The van der Waals surface area contributed by atoms with Crippen LogP contribution in [-0.2, 0) is 4.74 Å². The zero-order valence-corrected chi connectivity index (χ0v) is 7.96. The normalized spacial score (nSPS) is 22.3. The fourth-order valence-corrected chi connectivity index (χ4v) is 1.34. The third kappa shape index (κ3) is 1.87. The number of nitrogens with zero attached hydrogens (tertiary/aromatic N) is 1. The molecule has 1 unspecified atom stereocenters. The molecule has 14 heavy (non-hydrogen) atoms. The summed E-state index contributed by atoms with van der Waals surface area (Å²) in [6.45, 7) is 2.15. The fourth-order valence-electron chi connectivity index (χ4n) is 1.34. The average molecular weight is 201 g/mol. The van der Waals surface area contributed by atoms with E-state index in [0.717, 1.165) is 19.3 Å². The van der Waals surface area contributed by atoms with Crippen molar-refractivity contribution < 1.29 is 18.4 Å². The molecule has 1 fully saturated rings. The zero-order chi connectivity index (χ0) is 9.97. The Bertz CT molecular complexity index is 307. The van der Waals surface area contributed by atoms with Crippen molar-refractivity contribution in [3.05, 3.63) is 11.6 Å². The van der Waals surface area contributed by atoms with Gasteiger partial charge in [-0.2, -0.15) is 4.39 Å². The largest absolute Gasteiger partial charge is 0.444 e. The molecule has 4 nitrogen and oxygen atoms in total. The summed E-state index contributed by atoms with van der Waals surface area (Å²) in [6, 6.07) is 0. The van der Waals surface area contributed by atoms with E-state index in [1.807, 2.05) is 0 Å². The van der Waals surface area contributed by atoms with Gasteiger partial charge in [0.2, 0.25) is 12.1 Å². The second-order valence-electron chi connectivity index (χ2n) is 3.27. The van der Waals surface area contributed by atoms with Crippen LogP contribution in [0.25, 0.3) is 0 Å². The Balaban J connectivity index is 1.99. The van der Waals surface area contributed by atoms with E-state index >= 15 is 0 Å². The van der Waals surface area contributed by atoms with E-state index in [-0.39, 0.29) is 17.9 Å².